The molecule has 1 saturated heterocycles. The summed E-state index contributed by atoms with van der Waals surface area (Å²) in [5.41, 5.74) is -0.439. The van der Waals surface area contributed by atoms with Crippen LogP contribution in [0.3, 0.4) is 0 Å². The molecular weight excluding hydrogens is 232 g/mol. The Morgan fingerprint density at radius 3 is 2.89 bits per heavy atom. The number of amides is 1. The van der Waals surface area contributed by atoms with E-state index in [1.807, 2.05) is 20.8 Å². The Bertz CT molecular complexity index is 347. The maximum absolute atomic E-state index is 12.0. The summed E-state index contributed by atoms with van der Waals surface area (Å²) in [6, 6.07) is 0. The zero-order chi connectivity index (χ0) is 13.2. The summed E-state index contributed by atoms with van der Waals surface area (Å²) in [4.78, 5) is 18.1. The van der Waals surface area contributed by atoms with Crippen molar-refractivity contribution < 1.29 is 14.3 Å². The highest BCUT2D eigenvalue weighted by atomic mass is 16.6. The van der Waals surface area contributed by atoms with Crippen LogP contribution in [0.5, 0.6) is 0 Å². The van der Waals surface area contributed by atoms with Crippen LogP contribution in [0.15, 0.2) is 4.99 Å². The van der Waals surface area contributed by atoms with Gasteiger partial charge in [0.05, 0.1) is 12.5 Å². The van der Waals surface area contributed by atoms with Gasteiger partial charge in [0, 0.05) is 13.1 Å². The number of ether oxygens (including phenoxy) is 2. The smallest absolute Gasteiger partial charge is 0.410 e. The number of hydrogen-bond donors (Lipinski definition) is 0. The lowest BCUT2D eigenvalue weighted by atomic mass is 9.98. The molecule has 0 bridgehead atoms. The zero-order valence-electron chi connectivity index (χ0n) is 11.4. The lowest BCUT2D eigenvalue weighted by Crippen LogP contribution is -2.44. The van der Waals surface area contributed by atoms with E-state index in [-0.39, 0.29) is 12.0 Å². The van der Waals surface area contributed by atoms with Crippen molar-refractivity contribution in [2.75, 3.05) is 26.2 Å². The molecule has 0 aromatic heterocycles. The molecule has 0 radical (unpaired) electrons. The summed E-state index contributed by atoms with van der Waals surface area (Å²) in [6.07, 6.45) is 1.79. The average Bonchev–Trinajstić information content (AvgIpc) is 2.80. The molecule has 2 rings (SSSR count). The number of nitrogens with zero attached hydrogens (tertiary/aromatic N) is 2. The summed E-state index contributed by atoms with van der Waals surface area (Å²) in [5, 5.41) is 0. The Balaban J connectivity index is 1.92. The molecule has 0 aromatic rings. The van der Waals surface area contributed by atoms with Crippen LogP contribution in [0, 0.1) is 5.92 Å². The summed E-state index contributed by atoms with van der Waals surface area (Å²) < 4.78 is 10.9. The number of aliphatic imine (C=N–C) groups is 1. The number of piperidine rings is 1. The average molecular weight is 254 g/mol. The first kappa shape index (κ1) is 13.2. The summed E-state index contributed by atoms with van der Waals surface area (Å²) >= 11 is 0. The topological polar surface area (TPSA) is 51.1 Å². The second-order valence-corrected chi connectivity index (χ2v) is 5.83. The molecular formula is C13H22N2O3. The van der Waals surface area contributed by atoms with Crippen LogP contribution in [0.4, 0.5) is 4.79 Å². The van der Waals surface area contributed by atoms with Gasteiger partial charge in [-0.05, 0) is 33.6 Å². The highest BCUT2D eigenvalue weighted by Crippen LogP contribution is 2.22. The van der Waals surface area contributed by atoms with E-state index in [2.05, 4.69) is 4.99 Å². The maximum Gasteiger partial charge on any atom is 0.410 e. The van der Waals surface area contributed by atoms with Crippen molar-refractivity contribution in [2.45, 2.75) is 39.2 Å². The fourth-order valence-corrected chi connectivity index (χ4v) is 2.27. The zero-order valence-corrected chi connectivity index (χ0v) is 11.4. The minimum atomic E-state index is -0.439. The SMILES string of the molecule is CC(C)(C)OC(=O)N1CCCC(C2=NCCO2)C1. The minimum absolute atomic E-state index is 0.231. The summed E-state index contributed by atoms with van der Waals surface area (Å²) in [7, 11) is 0. The molecule has 102 valence electrons. The Morgan fingerprint density at radius 1 is 1.50 bits per heavy atom. The Labute approximate surface area is 108 Å². The van der Waals surface area contributed by atoms with Crippen LogP contribution >= 0.6 is 0 Å². The second-order valence-electron chi connectivity index (χ2n) is 5.83. The molecule has 2 aliphatic rings. The highest BCUT2D eigenvalue weighted by Gasteiger charge is 2.31. The molecule has 1 fully saturated rings. The Kier molecular flexibility index (Phi) is 3.78. The first-order valence-electron chi connectivity index (χ1n) is 6.61. The molecule has 5 heteroatoms. The number of likely N-dealkylation sites (tertiary alicyclic amines) is 1. The first-order valence-corrected chi connectivity index (χ1v) is 6.61. The van der Waals surface area contributed by atoms with Gasteiger partial charge in [-0.25, -0.2) is 4.79 Å². The van der Waals surface area contributed by atoms with Crippen LogP contribution in [0.1, 0.15) is 33.6 Å². The van der Waals surface area contributed by atoms with Gasteiger partial charge in [0.1, 0.15) is 12.2 Å². The van der Waals surface area contributed by atoms with Crippen LogP contribution in [0.2, 0.25) is 0 Å². The van der Waals surface area contributed by atoms with Crippen LogP contribution in [-0.2, 0) is 9.47 Å². The number of hydrogen-bond acceptors (Lipinski definition) is 4. The quantitative estimate of drug-likeness (QED) is 0.719. The van der Waals surface area contributed by atoms with E-state index in [1.165, 1.54) is 0 Å². The van der Waals surface area contributed by atoms with Gasteiger partial charge >= 0.3 is 6.09 Å². The maximum atomic E-state index is 12.0. The molecule has 0 spiro atoms. The van der Waals surface area contributed by atoms with Crippen molar-refractivity contribution in [2.24, 2.45) is 10.9 Å². The fraction of sp³-hybridized carbons (Fsp3) is 0.846. The minimum Gasteiger partial charge on any atom is -0.479 e. The number of carbonyl (C=O) groups is 1. The summed E-state index contributed by atoms with van der Waals surface area (Å²) in [6.45, 7) is 8.51. The standard InChI is InChI=1S/C13H22N2O3/c1-13(2,3)18-12(16)15-7-4-5-10(9-15)11-14-6-8-17-11/h10H,4-9H2,1-3H3. The van der Waals surface area contributed by atoms with Crippen molar-refractivity contribution in [3.8, 4) is 0 Å². The Morgan fingerprint density at radius 2 is 2.28 bits per heavy atom. The molecule has 2 heterocycles. The number of carbonyl (C=O) groups excluding carboxylic acids is 1. The molecule has 1 atom stereocenters. The molecule has 5 nitrogen and oxygen atoms in total. The van der Waals surface area contributed by atoms with Crippen LogP contribution < -0.4 is 0 Å². The number of rotatable bonds is 1. The van der Waals surface area contributed by atoms with Gasteiger partial charge in [-0.2, -0.15) is 0 Å². The van der Waals surface area contributed by atoms with Gasteiger partial charge in [-0.15, -0.1) is 0 Å². The lowest BCUT2D eigenvalue weighted by Gasteiger charge is -2.33. The van der Waals surface area contributed by atoms with E-state index in [9.17, 15) is 4.79 Å². The normalized spacial score (nSPS) is 24.5. The van der Waals surface area contributed by atoms with Crippen molar-refractivity contribution in [3.05, 3.63) is 0 Å². The molecule has 0 aliphatic carbocycles. The van der Waals surface area contributed by atoms with Gasteiger partial charge in [-0.3, -0.25) is 4.99 Å². The van der Waals surface area contributed by atoms with E-state index in [1.54, 1.807) is 4.90 Å². The molecule has 18 heavy (non-hydrogen) atoms. The molecule has 1 amide bonds. The van der Waals surface area contributed by atoms with E-state index >= 15 is 0 Å². The first-order chi connectivity index (χ1) is 8.46. The van der Waals surface area contributed by atoms with Crippen molar-refractivity contribution in [1.82, 2.24) is 4.90 Å². The monoisotopic (exact) mass is 254 g/mol. The van der Waals surface area contributed by atoms with Gasteiger partial charge in [0.25, 0.3) is 0 Å². The van der Waals surface area contributed by atoms with Gasteiger partial charge < -0.3 is 14.4 Å². The van der Waals surface area contributed by atoms with Crippen LogP contribution in [-0.4, -0.2) is 48.7 Å². The van der Waals surface area contributed by atoms with Gasteiger partial charge in [0.15, 0.2) is 5.90 Å². The molecule has 1 unspecified atom stereocenters. The van der Waals surface area contributed by atoms with Gasteiger partial charge in [-0.1, -0.05) is 0 Å². The molecule has 0 saturated carbocycles. The van der Waals surface area contributed by atoms with E-state index in [0.717, 1.165) is 31.8 Å². The molecule has 0 N–H and O–H groups in total. The third-order valence-corrected chi connectivity index (χ3v) is 3.03. The fourth-order valence-electron chi connectivity index (χ4n) is 2.27. The third-order valence-electron chi connectivity index (χ3n) is 3.03. The van der Waals surface area contributed by atoms with E-state index < -0.39 is 5.60 Å². The van der Waals surface area contributed by atoms with Gasteiger partial charge in [0.2, 0.25) is 0 Å². The van der Waals surface area contributed by atoms with Crippen molar-refractivity contribution in [1.29, 1.82) is 0 Å². The molecule has 0 aromatic carbocycles. The summed E-state index contributed by atoms with van der Waals surface area (Å²) in [5.74, 6) is 1.07. The predicted molar refractivity (Wildman–Crippen MR) is 68.8 cm³/mol. The highest BCUT2D eigenvalue weighted by molar-refractivity contribution is 5.81. The predicted octanol–water partition coefficient (Wildman–Crippen LogP) is 2.06. The third kappa shape index (κ3) is 3.37. The largest absolute Gasteiger partial charge is 0.479 e. The van der Waals surface area contributed by atoms with E-state index in [4.69, 9.17) is 9.47 Å². The Hall–Kier alpha value is -1.26. The van der Waals surface area contributed by atoms with Crippen molar-refractivity contribution >= 4 is 12.0 Å². The van der Waals surface area contributed by atoms with E-state index in [0.29, 0.717) is 13.2 Å². The molecule has 2 aliphatic heterocycles. The van der Waals surface area contributed by atoms with Crippen LogP contribution in [0.25, 0.3) is 0 Å². The lowest BCUT2D eigenvalue weighted by molar-refractivity contribution is 0.0187. The second kappa shape index (κ2) is 5.16. The van der Waals surface area contributed by atoms with Crippen molar-refractivity contribution in [3.63, 3.8) is 0 Å².